The fourth-order valence-corrected chi connectivity index (χ4v) is 7.02. The predicted molar refractivity (Wildman–Crippen MR) is 185 cm³/mol. The van der Waals surface area contributed by atoms with Crippen molar-refractivity contribution in [3.63, 3.8) is 0 Å². The van der Waals surface area contributed by atoms with Gasteiger partial charge >= 0.3 is 6.18 Å². The molecule has 4 aromatic rings. The Bertz CT molecular complexity index is 2040. The summed E-state index contributed by atoms with van der Waals surface area (Å²) in [6.07, 6.45) is -1.88. The molecule has 1 aliphatic heterocycles. The van der Waals surface area contributed by atoms with Gasteiger partial charge in [0.15, 0.2) is 0 Å². The number of sulfonamides is 1. The summed E-state index contributed by atoms with van der Waals surface area (Å²) in [4.78, 5) is 25.4. The standard InChI is InChI=1S/C32H37F4N7O3S2/c1-20-6-8-24(47(4)19-32(34,35)36)16-25(20)26-14-22-17-38-31(40-29(22)43(30(26)44)13-12-41(3)48(5,45)46)39-23-7-9-28(27(33)15-23)42-11-10-37-21(2)18-42/h6-9,14-17,21,37H,4,10-13,18-19H2,1-3,5H3,(H,38,39,40). The molecule has 1 fully saturated rings. The fraction of sp³-hybridized carbons (Fsp3) is 0.375. The van der Waals surface area contributed by atoms with Crippen LogP contribution in [0.3, 0.4) is 0 Å². The normalized spacial score (nSPS) is 16.4. The van der Waals surface area contributed by atoms with Crippen LogP contribution >= 0.6 is 10.5 Å². The number of hydrogen-bond acceptors (Lipinski definition) is 8. The number of aryl methyl sites for hydroxylation is 1. The molecule has 2 aromatic heterocycles. The van der Waals surface area contributed by atoms with E-state index in [9.17, 15) is 26.4 Å². The van der Waals surface area contributed by atoms with Crippen molar-refractivity contribution in [1.29, 1.82) is 0 Å². The van der Waals surface area contributed by atoms with Crippen molar-refractivity contribution >= 4 is 54.7 Å². The highest BCUT2D eigenvalue weighted by molar-refractivity contribution is 8.14. The summed E-state index contributed by atoms with van der Waals surface area (Å²) in [5, 5.41) is 6.75. The summed E-state index contributed by atoms with van der Waals surface area (Å²) in [5.41, 5.74) is 1.80. The van der Waals surface area contributed by atoms with Gasteiger partial charge in [-0.3, -0.25) is 9.36 Å². The maximum Gasteiger partial charge on any atom is 0.397 e. The van der Waals surface area contributed by atoms with Crippen molar-refractivity contribution in [1.82, 2.24) is 24.2 Å². The Morgan fingerprint density at radius 3 is 2.58 bits per heavy atom. The largest absolute Gasteiger partial charge is 0.397 e. The minimum Gasteiger partial charge on any atom is -0.366 e. The number of likely N-dealkylation sites (N-methyl/N-ethyl adjacent to an activating group) is 1. The molecule has 0 bridgehead atoms. The molecule has 1 aliphatic rings. The summed E-state index contributed by atoms with van der Waals surface area (Å²) in [6, 6.07) is 11.3. The fourth-order valence-electron chi connectivity index (χ4n) is 5.50. The first kappa shape index (κ1) is 35.4. The van der Waals surface area contributed by atoms with Crippen LogP contribution < -0.4 is 21.1 Å². The van der Waals surface area contributed by atoms with E-state index in [4.69, 9.17) is 0 Å². The number of anilines is 3. The average molecular weight is 708 g/mol. The van der Waals surface area contributed by atoms with Gasteiger partial charge in [-0.15, -0.1) is 0 Å². The topological polar surface area (TPSA) is 112 Å². The molecule has 2 unspecified atom stereocenters. The Kier molecular flexibility index (Phi) is 10.3. The van der Waals surface area contributed by atoms with Crippen LogP contribution in [0.4, 0.5) is 34.9 Å². The lowest BCUT2D eigenvalue weighted by atomic mass is 10.0. The minimum atomic E-state index is -4.40. The number of pyridine rings is 1. The lowest BCUT2D eigenvalue weighted by Gasteiger charge is -2.33. The van der Waals surface area contributed by atoms with Crippen molar-refractivity contribution in [2.24, 2.45) is 0 Å². The molecule has 48 heavy (non-hydrogen) atoms. The molecule has 3 heterocycles. The van der Waals surface area contributed by atoms with Crippen LogP contribution in [0.5, 0.6) is 0 Å². The summed E-state index contributed by atoms with van der Waals surface area (Å²) in [5.74, 6) is 2.27. The van der Waals surface area contributed by atoms with E-state index in [0.29, 0.717) is 45.9 Å². The number of halogens is 4. The molecule has 5 rings (SSSR count). The van der Waals surface area contributed by atoms with Gasteiger partial charge < -0.3 is 15.5 Å². The number of alkyl halides is 3. The Labute approximate surface area is 278 Å². The lowest BCUT2D eigenvalue weighted by molar-refractivity contribution is -0.105. The van der Waals surface area contributed by atoms with Gasteiger partial charge in [0.1, 0.15) is 11.5 Å². The molecule has 0 radical (unpaired) electrons. The molecular weight excluding hydrogens is 671 g/mol. The quantitative estimate of drug-likeness (QED) is 0.176. The third-order valence-corrected chi connectivity index (χ3v) is 11.0. The first-order valence-corrected chi connectivity index (χ1v) is 18.5. The smallest absolute Gasteiger partial charge is 0.366 e. The van der Waals surface area contributed by atoms with Crippen LogP contribution in [-0.4, -0.2) is 90.6 Å². The number of benzene rings is 2. The van der Waals surface area contributed by atoms with Crippen molar-refractivity contribution in [3.05, 3.63) is 70.4 Å². The van der Waals surface area contributed by atoms with Gasteiger partial charge in [-0.2, -0.15) is 28.6 Å². The number of rotatable bonds is 10. The monoisotopic (exact) mass is 707 g/mol. The molecular formula is C32H37F4N7O3S2. The molecule has 0 aliphatic carbocycles. The van der Waals surface area contributed by atoms with E-state index in [0.717, 1.165) is 17.1 Å². The minimum absolute atomic E-state index is 0.0612. The van der Waals surface area contributed by atoms with Crippen LogP contribution in [0, 0.1) is 12.7 Å². The van der Waals surface area contributed by atoms with Crippen LogP contribution in [-0.2, 0) is 16.6 Å². The molecule has 2 N–H and O–H groups in total. The van der Waals surface area contributed by atoms with Crippen molar-refractivity contribution in [2.45, 2.75) is 37.5 Å². The first-order valence-electron chi connectivity index (χ1n) is 15.1. The number of aromatic nitrogens is 3. The van der Waals surface area contributed by atoms with E-state index >= 15 is 4.39 Å². The lowest BCUT2D eigenvalue weighted by Crippen LogP contribution is -2.49. The second kappa shape index (κ2) is 13.9. The Balaban J connectivity index is 1.55. The number of fused-ring (bicyclic) bond motifs is 1. The zero-order valence-electron chi connectivity index (χ0n) is 26.9. The summed E-state index contributed by atoms with van der Waals surface area (Å²) < 4.78 is 81.3. The number of piperazine rings is 1. The summed E-state index contributed by atoms with van der Waals surface area (Å²) in [6.45, 7) is 5.72. The highest BCUT2D eigenvalue weighted by Crippen LogP contribution is 2.35. The van der Waals surface area contributed by atoms with Crippen LogP contribution in [0.2, 0.25) is 0 Å². The Hall–Kier alpha value is -3.86. The number of nitrogens with one attached hydrogen (secondary N) is 2. The Morgan fingerprint density at radius 2 is 1.92 bits per heavy atom. The van der Waals surface area contributed by atoms with E-state index < -0.39 is 43.8 Å². The van der Waals surface area contributed by atoms with Gasteiger partial charge in [0.05, 0.1) is 17.7 Å². The third-order valence-electron chi connectivity index (χ3n) is 8.12. The maximum absolute atomic E-state index is 15.2. The molecule has 0 amide bonds. The molecule has 0 spiro atoms. The maximum atomic E-state index is 15.2. The average Bonchev–Trinajstić information content (AvgIpc) is 2.99. The Morgan fingerprint density at radius 1 is 1.17 bits per heavy atom. The highest BCUT2D eigenvalue weighted by Gasteiger charge is 2.28. The highest BCUT2D eigenvalue weighted by atomic mass is 32.2. The van der Waals surface area contributed by atoms with Crippen molar-refractivity contribution in [2.75, 3.05) is 55.5 Å². The zero-order chi connectivity index (χ0) is 35.0. The summed E-state index contributed by atoms with van der Waals surface area (Å²) >= 11 is 0. The molecule has 16 heteroatoms. The molecule has 2 atom stereocenters. The van der Waals surface area contributed by atoms with Crippen LogP contribution in [0.25, 0.3) is 22.2 Å². The molecule has 1 saturated heterocycles. The van der Waals surface area contributed by atoms with Crippen molar-refractivity contribution < 1.29 is 26.0 Å². The predicted octanol–water partition coefficient (Wildman–Crippen LogP) is 4.96. The van der Waals surface area contributed by atoms with E-state index in [1.807, 2.05) is 11.8 Å². The van der Waals surface area contributed by atoms with Gasteiger partial charge in [-0.05, 0) is 61.4 Å². The summed E-state index contributed by atoms with van der Waals surface area (Å²) in [7, 11) is -3.59. The first-order chi connectivity index (χ1) is 22.5. The van der Waals surface area contributed by atoms with Gasteiger partial charge in [-0.25, -0.2) is 22.1 Å². The van der Waals surface area contributed by atoms with E-state index in [1.54, 1.807) is 43.3 Å². The molecule has 258 valence electrons. The van der Waals surface area contributed by atoms with Crippen molar-refractivity contribution in [3.8, 4) is 11.1 Å². The SMILES string of the molecule is C=S(CC(F)(F)F)c1ccc(C)c(-c2cc3cnc(Nc4ccc(N5CCNC(C)C5)c(F)c4)nc3n(CCN(C)S(C)(=O)=O)c2=O)c1. The van der Waals surface area contributed by atoms with E-state index in [-0.39, 0.29) is 36.3 Å². The molecule has 0 saturated carbocycles. The molecule has 2 aromatic carbocycles. The van der Waals surface area contributed by atoms with Gasteiger partial charge in [0.25, 0.3) is 5.56 Å². The second-order valence-corrected chi connectivity index (χ2v) is 15.7. The number of nitrogens with zero attached hydrogens (tertiary/aromatic N) is 5. The third kappa shape index (κ3) is 8.22. The molecule has 10 nitrogen and oxygen atoms in total. The van der Waals surface area contributed by atoms with Gasteiger partial charge in [-0.1, -0.05) is 11.9 Å². The van der Waals surface area contributed by atoms with E-state index in [2.05, 4.69) is 26.5 Å². The van der Waals surface area contributed by atoms with Gasteiger partial charge in [0, 0.05) is 73.5 Å². The van der Waals surface area contributed by atoms with Gasteiger partial charge in [0.2, 0.25) is 16.0 Å². The second-order valence-electron chi connectivity index (χ2n) is 11.9. The van der Waals surface area contributed by atoms with E-state index in [1.165, 1.54) is 23.9 Å². The number of hydrogen-bond donors (Lipinski definition) is 2. The van der Waals surface area contributed by atoms with Crippen LogP contribution in [0.15, 0.2) is 58.4 Å². The van der Waals surface area contributed by atoms with Crippen LogP contribution in [0.1, 0.15) is 12.5 Å². The zero-order valence-corrected chi connectivity index (χ0v) is 28.6.